The molecular formula is C15H17F2NO3. The van der Waals surface area contributed by atoms with Gasteiger partial charge in [-0.2, -0.15) is 0 Å². The molecule has 1 fully saturated rings. The van der Waals surface area contributed by atoms with E-state index in [2.05, 4.69) is 5.32 Å². The molecule has 0 aliphatic heterocycles. The van der Waals surface area contributed by atoms with Crippen molar-refractivity contribution in [2.24, 2.45) is 0 Å². The van der Waals surface area contributed by atoms with Crippen LogP contribution in [0.4, 0.5) is 8.78 Å². The standard InChI is InChI=1S/C15H17F2NO3/c16-11-4-3-10(7-12(11)17)8-13(19)18-15(9-14(20)21)5-1-2-6-15/h3-4,7H,1-2,5-6,8-9H2,(H,18,19)(H,20,21). The molecule has 2 N–H and O–H groups in total. The fourth-order valence-electron chi connectivity index (χ4n) is 2.86. The van der Waals surface area contributed by atoms with Crippen molar-refractivity contribution in [1.29, 1.82) is 0 Å². The quantitative estimate of drug-likeness (QED) is 0.877. The first kappa shape index (κ1) is 15.4. The Morgan fingerprint density at radius 1 is 1.19 bits per heavy atom. The Balaban J connectivity index is 2.02. The highest BCUT2D eigenvalue weighted by Crippen LogP contribution is 2.32. The number of benzene rings is 1. The molecule has 0 atom stereocenters. The largest absolute Gasteiger partial charge is 0.481 e. The van der Waals surface area contributed by atoms with Gasteiger partial charge in [-0.15, -0.1) is 0 Å². The highest BCUT2D eigenvalue weighted by atomic mass is 19.2. The van der Waals surface area contributed by atoms with Gasteiger partial charge in [0.1, 0.15) is 0 Å². The lowest BCUT2D eigenvalue weighted by atomic mass is 9.92. The van der Waals surface area contributed by atoms with E-state index in [0.29, 0.717) is 18.4 Å². The molecule has 114 valence electrons. The number of hydrogen-bond donors (Lipinski definition) is 2. The molecule has 0 unspecified atom stereocenters. The van der Waals surface area contributed by atoms with Gasteiger partial charge in [-0.1, -0.05) is 18.9 Å². The van der Waals surface area contributed by atoms with Crippen LogP contribution in [0.3, 0.4) is 0 Å². The molecule has 1 aliphatic carbocycles. The van der Waals surface area contributed by atoms with Crippen LogP contribution < -0.4 is 5.32 Å². The van der Waals surface area contributed by atoms with Crippen molar-refractivity contribution in [3.63, 3.8) is 0 Å². The Bertz CT molecular complexity index is 554. The fraction of sp³-hybridized carbons (Fsp3) is 0.467. The second-order valence-electron chi connectivity index (χ2n) is 5.53. The van der Waals surface area contributed by atoms with E-state index in [1.54, 1.807) is 0 Å². The van der Waals surface area contributed by atoms with Gasteiger partial charge < -0.3 is 10.4 Å². The molecule has 4 nitrogen and oxygen atoms in total. The number of halogens is 2. The van der Waals surface area contributed by atoms with E-state index in [1.165, 1.54) is 6.07 Å². The molecule has 1 aliphatic rings. The van der Waals surface area contributed by atoms with Gasteiger partial charge in [0, 0.05) is 0 Å². The summed E-state index contributed by atoms with van der Waals surface area (Å²) in [5, 5.41) is 11.7. The van der Waals surface area contributed by atoms with Crippen molar-refractivity contribution in [3.05, 3.63) is 35.4 Å². The molecule has 1 aromatic rings. The lowest BCUT2D eigenvalue weighted by Crippen LogP contribution is -2.48. The van der Waals surface area contributed by atoms with Gasteiger partial charge in [0.05, 0.1) is 18.4 Å². The minimum atomic E-state index is -0.999. The maximum Gasteiger partial charge on any atom is 0.305 e. The zero-order valence-corrected chi connectivity index (χ0v) is 11.5. The minimum Gasteiger partial charge on any atom is -0.481 e. The Hall–Kier alpha value is -1.98. The summed E-state index contributed by atoms with van der Waals surface area (Å²) in [6, 6.07) is 3.30. The summed E-state index contributed by atoms with van der Waals surface area (Å²) >= 11 is 0. The van der Waals surface area contributed by atoms with Crippen molar-refractivity contribution in [2.45, 2.75) is 44.1 Å². The van der Waals surface area contributed by atoms with Gasteiger partial charge in [0.2, 0.25) is 5.91 Å². The van der Waals surface area contributed by atoms with Crippen molar-refractivity contribution >= 4 is 11.9 Å². The van der Waals surface area contributed by atoms with Gasteiger partial charge in [-0.05, 0) is 30.5 Å². The summed E-state index contributed by atoms with van der Waals surface area (Å²) in [6.07, 6.45) is 2.79. The number of carbonyl (C=O) groups excluding carboxylic acids is 1. The molecular weight excluding hydrogens is 280 g/mol. The van der Waals surface area contributed by atoms with Crippen molar-refractivity contribution < 1.29 is 23.5 Å². The lowest BCUT2D eigenvalue weighted by Gasteiger charge is -2.28. The predicted octanol–water partition coefficient (Wildman–Crippen LogP) is 2.41. The van der Waals surface area contributed by atoms with E-state index in [1.807, 2.05) is 0 Å². The minimum absolute atomic E-state index is 0.0986. The molecule has 0 aromatic heterocycles. The number of hydrogen-bond acceptors (Lipinski definition) is 2. The first-order chi connectivity index (χ1) is 9.90. The monoisotopic (exact) mass is 297 g/mol. The van der Waals surface area contributed by atoms with Crippen LogP contribution in [0.15, 0.2) is 18.2 Å². The number of carbonyl (C=O) groups is 2. The maximum atomic E-state index is 13.1. The molecule has 21 heavy (non-hydrogen) atoms. The van der Waals surface area contributed by atoms with E-state index >= 15 is 0 Å². The SMILES string of the molecule is O=C(O)CC1(NC(=O)Cc2ccc(F)c(F)c2)CCCC1. The fourth-order valence-corrected chi connectivity index (χ4v) is 2.86. The number of nitrogens with one attached hydrogen (secondary N) is 1. The first-order valence-electron chi connectivity index (χ1n) is 6.87. The third kappa shape index (κ3) is 4.00. The third-order valence-electron chi connectivity index (χ3n) is 3.80. The maximum absolute atomic E-state index is 13.1. The van der Waals surface area contributed by atoms with Crippen LogP contribution >= 0.6 is 0 Å². The Labute approximate surface area is 121 Å². The molecule has 6 heteroatoms. The lowest BCUT2D eigenvalue weighted by molar-refractivity contribution is -0.139. The highest BCUT2D eigenvalue weighted by Gasteiger charge is 2.37. The van der Waals surface area contributed by atoms with Gasteiger partial charge in [-0.3, -0.25) is 9.59 Å². The molecule has 0 radical (unpaired) electrons. The smallest absolute Gasteiger partial charge is 0.305 e. The topological polar surface area (TPSA) is 66.4 Å². The second kappa shape index (κ2) is 6.20. The summed E-state index contributed by atoms with van der Waals surface area (Å²) in [5.74, 6) is -3.28. The molecule has 1 amide bonds. The predicted molar refractivity (Wildman–Crippen MR) is 71.7 cm³/mol. The second-order valence-corrected chi connectivity index (χ2v) is 5.53. The van der Waals surface area contributed by atoms with E-state index < -0.39 is 23.1 Å². The van der Waals surface area contributed by atoms with E-state index in [9.17, 15) is 18.4 Å². The van der Waals surface area contributed by atoms with Crippen LogP contribution in [-0.4, -0.2) is 22.5 Å². The first-order valence-corrected chi connectivity index (χ1v) is 6.87. The Morgan fingerprint density at radius 2 is 1.86 bits per heavy atom. The average molecular weight is 297 g/mol. The van der Waals surface area contributed by atoms with Crippen LogP contribution in [0.1, 0.15) is 37.7 Å². The molecule has 1 saturated carbocycles. The summed E-state index contributed by atoms with van der Waals surface area (Å²) in [7, 11) is 0. The van der Waals surface area contributed by atoms with Crippen molar-refractivity contribution in [2.75, 3.05) is 0 Å². The molecule has 0 heterocycles. The van der Waals surface area contributed by atoms with E-state index in [-0.39, 0.29) is 18.7 Å². The third-order valence-corrected chi connectivity index (χ3v) is 3.80. The van der Waals surface area contributed by atoms with Gasteiger partial charge in [0.25, 0.3) is 0 Å². The molecule has 1 aromatic carbocycles. The number of carboxylic acids is 1. The van der Waals surface area contributed by atoms with Crippen molar-refractivity contribution in [1.82, 2.24) is 5.32 Å². The molecule has 0 bridgehead atoms. The Kier molecular flexibility index (Phi) is 4.55. The zero-order valence-electron chi connectivity index (χ0n) is 11.5. The summed E-state index contributed by atoms with van der Waals surface area (Å²) in [5.41, 5.74) is -0.350. The zero-order chi connectivity index (χ0) is 15.5. The van der Waals surface area contributed by atoms with Crippen molar-refractivity contribution in [3.8, 4) is 0 Å². The highest BCUT2D eigenvalue weighted by molar-refractivity contribution is 5.80. The molecule has 0 saturated heterocycles. The summed E-state index contributed by atoms with van der Waals surface area (Å²) in [6.45, 7) is 0. The molecule has 0 spiro atoms. The summed E-state index contributed by atoms with van der Waals surface area (Å²) < 4.78 is 25.9. The van der Waals surface area contributed by atoms with Crippen LogP contribution in [0.25, 0.3) is 0 Å². The van der Waals surface area contributed by atoms with E-state index in [4.69, 9.17) is 5.11 Å². The van der Waals surface area contributed by atoms with Gasteiger partial charge >= 0.3 is 5.97 Å². The van der Waals surface area contributed by atoms with E-state index in [0.717, 1.165) is 25.0 Å². The number of carboxylic acid groups (broad SMARTS) is 1. The number of rotatable bonds is 5. The van der Waals surface area contributed by atoms with Gasteiger partial charge in [-0.25, -0.2) is 8.78 Å². The van der Waals surface area contributed by atoms with Gasteiger partial charge in [0.15, 0.2) is 11.6 Å². The van der Waals surface area contributed by atoms with Crippen LogP contribution in [-0.2, 0) is 16.0 Å². The van der Waals surface area contributed by atoms with Crippen LogP contribution in [0.2, 0.25) is 0 Å². The Morgan fingerprint density at radius 3 is 2.43 bits per heavy atom. The number of aliphatic carboxylic acids is 1. The number of amides is 1. The molecule has 2 rings (SSSR count). The van der Waals surface area contributed by atoms with Crippen LogP contribution in [0, 0.1) is 11.6 Å². The van der Waals surface area contributed by atoms with Crippen LogP contribution in [0.5, 0.6) is 0 Å². The average Bonchev–Trinajstić information content (AvgIpc) is 2.80. The summed E-state index contributed by atoms with van der Waals surface area (Å²) in [4.78, 5) is 23.0. The normalized spacial score (nSPS) is 16.7.